The van der Waals surface area contributed by atoms with Crippen molar-refractivity contribution in [2.45, 2.75) is 25.6 Å². The third-order valence-electron chi connectivity index (χ3n) is 2.58. The van der Waals surface area contributed by atoms with Crippen LogP contribution in [0.15, 0.2) is 18.2 Å². The molecule has 0 aliphatic rings. The average molecular weight is 314 g/mol. The predicted molar refractivity (Wildman–Crippen MR) is 69.5 cm³/mol. The molecule has 20 heavy (non-hydrogen) atoms. The molecule has 0 aromatic heterocycles. The Kier molecular flexibility index (Phi) is 6.71. The summed E-state index contributed by atoms with van der Waals surface area (Å²) >= 11 is 5.82. The van der Waals surface area contributed by atoms with Crippen LogP contribution in [0, 0.1) is 5.82 Å². The van der Waals surface area contributed by atoms with Crippen LogP contribution in [0.5, 0.6) is 0 Å². The van der Waals surface area contributed by atoms with E-state index in [0.717, 1.165) is 0 Å². The summed E-state index contributed by atoms with van der Waals surface area (Å²) in [4.78, 5) is 0. The number of rotatable bonds is 7. The van der Waals surface area contributed by atoms with Crippen LogP contribution in [-0.4, -0.2) is 32.0 Å². The predicted octanol–water partition coefficient (Wildman–Crippen LogP) is 3.58. The van der Waals surface area contributed by atoms with Crippen LogP contribution in [0.1, 0.15) is 12.5 Å². The Morgan fingerprint density at radius 3 is 2.65 bits per heavy atom. The lowest BCUT2D eigenvalue weighted by Gasteiger charge is -2.19. The van der Waals surface area contributed by atoms with Crippen molar-refractivity contribution in [1.82, 2.24) is 5.32 Å². The summed E-state index contributed by atoms with van der Waals surface area (Å²) in [7, 11) is 0. The number of likely N-dealkylation sites (N-methyl/N-ethyl adjacent to an activating group) is 1. The summed E-state index contributed by atoms with van der Waals surface area (Å²) in [5, 5.41) is 2.98. The Bertz CT molecular complexity index is 425. The molecule has 1 atom stereocenters. The zero-order valence-corrected chi connectivity index (χ0v) is 11.7. The average Bonchev–Trinajstić information content (AvgIpc) is 2.33. The molecule has 0 saturated heterocycles. The van der Waals surface area contributed by atoms with Crippen molar-refractivity contribution in [3.63, 3.8) is 0 Å². The third kappa shape index (κ3) is 6.07. The lowest BCUT2D eigenvalue weighted by molar-refractivity contribution is -0.175. The highest BCUT2D eigenvalue weighted by molar-refractivity contribution is 6.31. The highest BCUT2D eigenvalue weighted by Gasteiger charge is 2.28. The van der Waals surface area contributed by atoms with Crippen molar-refractivity contribution in [3.05, 3.63) is 34.6 Å². The Hall–Kier alpha value is -0.850. The molecule has 1 N–H and O–H groups in total. The maximum absolute atomic E-state index is 13.3. The first-order valence-electron chi connectivity index (χ1n) is 6.14. The Morgan fingerprint density at radius 1 is 1.35 bits per heavy atom. The van der Waals surface area contributed by atoms with E-state index in [0.29, 0.717) is 18.5 Å². The molecule has 0 spiro atoms. The molecule has 0 fully saturated rings. The minimum atomic E-state index is -4.35. The number of halogens is 5. The highest BCUT2D eigenvalue weighted by atomic mass is 35.5. The van der Waals surface area contributed by atoms with Gasteiger partial charge in [0.05, 0.1) is 11.6 Å². The fourth-order valence-electron chi connectivity index (χ4n) is 1.77. The van der Waals surface area contributed by atoms with E-state index in [4.69, 9.17) is 11.6 Å². The fourth-order valence-corrected chi connectivity index (χ4v) is 1.97. The van der Waals surface area contributed by atoms with Crippen molar-refractivity contribution in [1.29, 1.82) is 0 Å². The summed E-state index contributed by atoms with van der Waals surface area (Å²) in [6.07, 6.45) is -4.06. The molecule has 7 heteroatoms. The lowest BCUT2D eigenvalue weighted by Crippen LogP contribution is -2.36. The topological polar surface area (TPSA) is 21.3 Å². The van der Waals surface area contributed by atoms with E-state index in [1.54, 1.807) is 6.07 Å². The molecule has 1 aromatic rings. The standard InChI is InChI=1S/C13H16ClF4NO/c1-2-19-10(7-20-8-13(16,17)18)6-9-4-3-5-11(15)12(9)14/h3-5,10,19H,2,6-8H2,1H3. The molecular formula is C13H16ClF4NO. The van der Waals surface area contributed by atoms with Crippen LogP contribution >= 0.6 is 11.6 Å². The van der Waals surface area contributed by atoms with E-state index >= 15 is 0 Å². The van der Waals surface area contributed by atoms with Gasteiger partial charge in [0.2, 0.25) is 0 Å². The van der Waals surface area contributed by atoms with E-state index in [1.807, 2.05) is 6.92 Å². The second-order valence-corrected chi connectivity index (χ2v) is 4.68. The van der Waals surface area contributed by atoms with Gasteiger partial charge in [-0.3, -0.25) is 0 Å². The monoisotopic (exact) mass is 313 g/mol. The van der Waals surface area contributed by atoms with Crippen LogP contribution in [0.2, 0.25) is 5.02 Å². The third-order valence-corrected chi connectivity index (χ3v) is 3.00. The van der Waals surface area contributed by atoms with Gasteiger partial charge in [0, 0.05) is 6.04 Å². The summed E-state index contributed by atoms with van der Waals surface area (Å²) in [6, 6.07) is 4.02. The van der Waals surface area contributed by atoms with Gasteiger partial charge in [0.1, 0.15) is 12.4 Å². The van der Waals surface area contributed by atoms with Crippen molar-refractivity contribution < 1.29 is 22.3 Å². The Balaban J connectivity index is 2.60. The van der Waals surface area contributed by atoms with Gasteiger partial charge in [0.25, 0.3) is 0 Å². The molecule has 0 bridgehead atoms. The molecule has 0 heterocycles. The molecule has 114 valence electrons. The van der Waals surface area contributed by atoms with Gasteiger partial charge in [-0.1, -0.05) is 30.7 Å². The van der Waals surface area contributed by atoms with Gasteiger partial charge >= 0.3 is 6.18 Å². The Morgan fingerprint density at radius 2 is 2.05 bits per heavy atom. The SMILES string of the molecule is CCNC(COCC(F)(F)F)Cc1cccc(F)c1Cl. The normalized spacial score (nSPS) is 13.5. The smallest absolute Gasteiger partial charge is 0.370 e. The maximum atomic E-state index is 13.3. The molecule has 0 amide bonds. The van der Waals surface area contributed by atoms with Crippen LogP contribution < -0.4 is 5.32 Å². The zero-order chi connectivity index (χ0) is 15.2. The zero-order valence-electron chi connectivity index (χ0n) is 10.9. The van der Waals surface area contributed by atoms with Crippen molar-refractivity contribution in [3.8, 4) is 0 Å². The van der Waals surface area contributed by atoms with E-state index < -0.39 is 18.6 Å². The molecule has 0 aliphatic carbocycles. The minimum Gasteiger partial charge on any atom is -0.370 e. The van der Waals surface area contributed by atoms with Gasteiger partial charge in [-0.05, 0) is 24.6 Å². The summed E-state index contributed by atoms with van der Waals surface area (Å²) < 4.78 is 54.0. The molecule has 1 aromatic carbocycles. The van der Waals surface area contributed by atoms with Crippen LogP contribution in [0.4, 0.5) is 17.6 Å². The minimum absolute atomic E-state index is 0.00813. The molecule has 2 nitrogen and oxygen atoms in total. The van der Waals surface area contributed by atoms with Gasteiger partial charge in [-0.25, -0.2) is 4.39 Å². The summed E-state index contributed by atoms with van der Waals surface area (Å²) in [5.74, 6) is -0.546. The quantitative estimate of drug-likeness (QED) is 0.777. The molecule has 1 rings (SSSR count). The van der Waals surface area contributed by atoms with Gasteiger partial charge in [-0.2, -0.15) is 13.2 Å². The largest absolute Gasteiger partial charge is 0.411 e. The van der Waals surface area contributed by atoms with Gasteiger partial charge < -0.3 is 10.1 Å². The highest BCUT2D eigenvalue weighted by Crippen LogP contribution is 2.21. The van der Waals surface area contributed by atoms with Crippen LogP contribution in [0.25, 0.3) is 0 Å². The van der Waals surface area contributed by atoms with E-state index in [9.17, 15) is 17.6 Å². The lowest BCUT2D eigenvalue weighted by atomic mass is 10.1. The van der Waals surface area contributed by atoms with Crippen LogP contribution in [-0.2, 0) is 11.2 Å². The number of benzene rings is 1. The first kappa shape index (κ1) is 17.2. The number of alkyl halides is 3. The first-order valence-corrected chi connectivity index (χ1v) is 6.52. The summed E-state index contributed by atoms with van der Waals surface area (Å²) in [6.45, 7) is 0.961. The van der Waals surface area contributed by atoms with Gasteiger partial charge in [0.15, 0.2) is 0 Å². The molecule has 0 radical (unpaired) electrons. The van der Waals surface area contributed by atoms with Crippen molar-refractivity contribution in [2.24, 2.45) is 0 Å². The number of hydrogen-bond acceptors (Lipinski definition) is 2. The van der Waals surface area contributed by atoms with Crippen molar-refractivity contribution in [2.75, 3.05) is 19.8 Å². The Labute approximate surface area is 120 Å². The molecule has 0 aliphatic heterocycles. The first-order chi connectivity index (χ1) is 9.33. The second-order valence-electron chi connectivity index (χ2n) is 4.30. The van der Waals surface area contributed by atoms with Crippen molar-refractivity contribution >= 4 is 11.6 Å². The molecular weight excluding hydrogens is 298 g/mol. The maximum Gasteiger partial charge on any atom is 0.411 e. The van der Waals surface area contributed by atoms with E-state index in [-0.39, 0.29) is 17.7 Å². The van der Waals surface area contributed by atoms with E-state index in [1.165, 1.54) is 12.1 Å². The van der Waals surface area contributed by atoms with Crippen LogP contribution in [0.3, 0.4) is 0 Å². The number of ether oxygens (including phenoxy) is 1. The molecule has 1 unspecified atom stereocenters. The molecule has 0 saturated carbocycles. The number of nitrogens with one attached hydrogen (secondary N) is 1. The van der Waals surface area contributed by atoms with Gasteiger partial charge in [-0.15, -0.1) is 0 Å². The fraction of sp³-hybridized carbons (Fsp3) is 0.538. The summed E-state index contributed by atoms with van der Waals surface area (Å²) in [5.41, 5.74) is 0.535. The number of hydrogen-bond donors (Lipinski definition) is 1. The second kappa shape index (κ2) is 7.81. The van der Waals surface area contributed by atoms with E-state index in [2.05, 4.69) is 10.1 Å².